The molecule has 0 saturated carbocycles. The van der Waals surface area contributed by atoms with Crippen LogP contribution in [0, 0.1) is 0 Å². The lowest BCUT2D eigenvalue weighted by molar-refractivity contribution is -0.143. The van der Waals surface area contributed by atoms with Crippen LogP contribution in [0.1, 0.15) is 12.8 Å². The summed E-state index contributed by atoms with van der Waals surface area (Å²) < 4.78 is 0. The first-order valence-electron chi connectivity index (χ1n) is 9.25. The van der Waals surface area contributed by atoms with Crippen molar-refractivity contribution < 1.29 is 43.5 Å². The van der Waals surface area contributed by atoms with Crippen molar-refractivity contribution in [1.29, 1.82) is 0 Å². The molecule has 0 fully saturated rings. The van der Waals surface area contributed by atoms with E-state index in [1.807, 2.05) is 5.32 Å². The minimum atomic E-state index is -1.58. The van der Waals surface area contributed by atoms with Crippen LogP contribution >= 0.6 is 0 Å². The van der Waals surface area contributed by atoms with Gasteiger partial charge in [0.05, 0.1) is 39.0 Å². The van der Waals surface area contributed by atoms with E-state index in [-0.39, 0.29) is 6.54 Å². The zero-order chi connectivity index (χ0) is 25.6. The van der Waals surface area contributed by atoms with E-state index in [1.54, 1.807) is 0 Å². The number of carboxylic acids is 1. The van der Waals surface area contributed by atoms with Crippen molar-refractivity contribution in [2.75, 3.05) is 26.2 Å². The third-order valence-electron chi connectivity index (χ3n) is 3.60. The van der Waals surface area contributed by atoms with Crippen LogP contribution in [0.15, 0.2) is 0 Å². The van der Waals surface area contributed by atoms with Crippen LogP contribution in [0.3, 0.4) is 0 Å². The Labute approximate surface area is 186 Å². The maximum Gasteiger partial charge on any atom is 0.326 e. The van der Waals surface area contributed by atoms with Crippen molar-refractivity contribution in [2.45, 2.75) is 24.9 Å². The lowest BCUT2D eigenvalue weighted by atomic mass is 10.2. The van der Waals surface area contributed by atoms with Crippen LogP contribution in [0.5, 0.6) is 0 Å². The number of aliphatic carboxylic acids is 1. The Morgan fingerprint density at radius 1 is 0.636 bits per heavy atom. The molecule has 0 saturated heterocycles. The molecule has 2 atom stereocenters. The van der Waals surface area contributed by atoms with Crippen LogP contribution in [0.2, 0.25) is 0 Å². The molecule has 0 aliphatic rings. The Bertz CT molecular complexity index is 801. The standard InChI is InChI=1S/C16H26N8O9/c17-3-11(27)20-5-13(29)23-7(1-9(18)25)15(31)22-4-12(28)21-6-14(30)24-8(16(32)33)2-10(19)26/h7-8H,1-6,17H2,(H2,18,25)(H2,19,26)(H,20,27)(H,21,28)(H,22,31)(H,23,29)(H,24,30)(H,32,33)/t7-,8-/m0/s1. The second-order valence-electron chi connectivity index (χ2n) is 6.39. The zero-order valence-corrected chi connectivity index (χ0v) is 17.3. The van der Waals surface area contributed by atoms with E-state index in [4.69, 9.17) is 22.3 Å². The summed E-state index contributed by atoms with van der Waals surface area (Å²) in [6, 6.07) is -3.04. The summed E-state index contributed by atoms with van der Waals surface area (Å²) in [5, 5.41) is 19.4. The van der Waals surface area contributed by atoms with Gasteiger partial charge in [0, 0.05) is 0 Å². The third kappa shape index (κ3) is 13.6. The average molecular weight is 474 g/mol. The molecular weight excluding hydrogens is 448 g/mol. The number of rotatable bonds is 15. The van der Waals surface area contributed by atoms with Crippen molar-refractivity contribution in [3.05, 3.63) is 0 Å². The molecule has 0 aromatic carbocycles. The normalized spacial score (nSPS) is 11.8. The van der Waals surface area contributed by atoms with Crippen LogP contribution < -0.4 is 43.8 Å². The van der Waals surface area contributed by atoms with Crippen LogP contribution in [0.25, 0.3) is 0 Å². The maximum absolute atomic E-state index is 12.2. The number of carbonyl (C=O) groups excluding carboxylic acids is 7. The summed E-state index contributed by atoms with van der Waals surface area (Å²) in [4.78, 5) is 91.4. The van der Waals surface area contributed by atoms with Crippen molar-refractivity contribution >= 4 is 47.3 Å². The fourth-order valence-corrected chi connectivity index (χ4v) is 2.09. The SMILES string of the molecule is NCC(=O)NCC(=O)N[C@@H](CC(N)=O)C(=O)NCC(=O)NCC(=O)N[C@@H](CC(N)=O)C(=O)O. The topological polar surface area (TPSA) is 295 Å². The lowest BCUT2D eigenvalue weighted by Gasteiger charge is -2.17. The Morgan fingerprint density at radius 3 is 1.52 bits per heavy atom. The van der Waals surface area contributed by atoms with Gasteiger partial charge in [-0.2, -0.15) is 0 Å². The Morgan fingerprint density at radius 2 is 1.06 bits per heavy atom. The van der Waals surface area contributed by atoms with E-state index >= 15 is 0 Å². The van der Waals surface area contributed by atoms with Gasteiger partial charge in [-0.1, -0.05) is 0 Å². The van der Waals surface area contributed by atoms with Gasteiger partial charge in [-0.3, -0.25) is 33.6 Å². The van der Waals surface area contributed by atoms with E-state index in [0.29, 0.717) is 0 Å². The predicted octanol–water partition coefficient (Wildman–Crippen LogP) is -6.90. The van der Waals surface area contributed by atoms with Crippen molar-refractivity contribution in [3.63, 3.8) is 0 Å². The summed E-state index contributed by atoms with van der Waals surface area (Å²) in [6.07, 6.45) is -1.27. The van der Waals surface area contributed by atoms with Crippen molar-refractivity contribution in [3.8, 4) is 0 Å². The first-order valence-corrected chi connectivity index (χ1v) is 9.25. The summed E-state index contributed by atoms with van der Waals surface area (Å²) >= 11 is 0. The third-order valence-corrected chi connectivity index (χ3v) is 3.60. The van der Waals surface area contributed by atoms with Gasteiger partial charge in [0.25, 0.3) is 0 Å². The fourth-order valence-electron chi connectivity index (χ4n) is 2.09. The van der Waals surface area contributed by atoms with E-state index in [1.165, 1.54) is 0 Å². The first kappa shape index (κ1) is 28.7. The van der Waals surface area contributed by atoms with Gasteiger partial charge in [-0.15, -0.1) is 0 Å². The highest BCUT2D eigenvalue weighted by Crippen LogP contribution is 1.93. The van der Waals surface area contributed by atoms with Gasteiger partial charge in [-0.25, -0.2) is 4.79 Å². The molecule has 33 heavy (non-hydrogen) atoms. The summed E-state index contributed by atoms with van der Waals surface area (Å²) in [5.74, 6) is -7.65. The predicted molar refractivity (Wildman–Crippen MR) is 107 cm³/mol. The molecule has 17 heteroatoms. The maximum atomic E-state index is 12.2. The number of nitrogens with one attached hydrogen (secondary N) is 5. The lowest BCUT2D eigenvalue weighted by Crippen LogP contribution is -2.53. The molecule has 0 aromatic rings. The highest BCUT2D eigenvalue weighted by Gasteiger charge is 2.24. The van der Waals surface area contributed by atoms with Gasteiger partial charge in [0.2, 0.25) is 41.4 Å². The first-order chi connectivity index (χ1) is 15.3. The molecular formula is C16H26N8O9. The minimum absolute atomic E-state index is 0.367. The minimum Gasteiger partial charge on any atom is -0.480 e. The molecule has 0 bridgehead atoms. The molecule has 7 amide bonds. The second-order valence-corrected chi connectivity index (χ2v) is 6.39. The quantitative estimate of drug-likeness (QED) is 0.108. The second kappa shape index (κ2) is 14.7. The van der Waals surface area contributed by atoms with Gasteiger partial charge >= 0.3 is 5.97 Å². The molecule has 0 spiro atoms. The van der Waals surface area contributed by atoms with E-state index < -0.39 is 91.9 Å². The van der Waals surface area contributed by atoms with Gasteiger partial charge in [0.15, 0.2) is 0 Å². The molecule has 0 radical (unpaired) electrons. The average Bonchev–Trinajstić information content (AvgIpc) is 2.72. The monoisotopic (exact) mass is 474 g/mol. The molecule has 0 rings (SSSR count). The van der Waals surface area contributed by atoms with Gasteiger partial charge < -0.3 is 48.9 Å². The molecule has 184 valence electrons. The van der Waals surface area contributed by atoms with Crippen LogP contribution in [0.4, 0.5) is 0 Å². The molecule has 17 nitrogen and oxygen atoms in total. The molecule has 0 aliphatic carbocycles. The summed E-state index contributed by atoms with van der Waals surface area (Å²) in [5.41, 5.74) is 15.0. The van der Waals surface area contributed by atoms with E-state index in [9.17, 15) is 38.4 Å². The Hall–Kier alpha value is -4.28. The Kier molecular flexibility index (Phi) is 12.8. The molecule has 0 aliphatic heterocycles. The molecule has 12 N–H and O–H groups in total. The van der Waals surface area contributed by atoms with Crippen molar-refractivity contribution in [1.82, 2.24) is 26.6 Å². The molecule has 0 aromatic heterocycles. The largest absolute Gasteiger partial charge is 0.480 e. The van der Waals surface area contributed by atoms with Gasteiger partial charge in [-0.05, 0) is 0 Å². The smallest absolute Gasteiger partial charge is 0.326 e. The zero-order valence-electron chi connectivity index (χ0n) is 17.3. The summed E-state index contributed by atoms with van der Waals surface area (Å²) in [6.45, 7) is -2.25. The molecule has 0 unspecified atom stereocenters. The summed E-state index contributed by atoms with van der Waals surface area (Å²) in [7, 11) is 0. The number of primary amides is 2. The van der Waals surface area contributed by atoms with Crippen LogP contribution in [-0.4, -0.2) is 90.7 Å². The number of hydrogen-bond acceptors (Lipinski definition) is 9. The highest BCUT2D eigenvalue weighted by atomic mass is 16.4. The molecule has 0 heterocycles. The number of hydrogen-bond donors (Lipinski definition) is 9. The number of carboxylic acid groups (broad SMARTS) is 1. The fraction of sp³-hybridized carbons (Fsp3) is 0.500. The van der Waals surface area contributed by atoms with Gasteiger partial charge in [0.1, 0.15) is 12.1 Å². The number of amides is 7. The highest BCUT2D eigenvalue weighted by molar-refractivity contribution is 5.95. The van der Waals surface area contributed by atoms with E-state index in [2.05, 4.69) is 21.3 Å². The number of carbonyl (C=O) groups is 8. The number of nitrogens with two attached hydrogens (primary N) is 3. The Balaban J connectivity index is 4.63. The van der Waals surface area contributed by atoms with Crippen LogP contribution in [-0.2, 0) is 38.4 Å². The van der Waals surface area contributed by atoms with E-state index in [0.717, 1.165) is 0 Å². The van der Waals surface area contributed by atoms with Crippen molar-refractivity contribution in [2.24, 2.45) is 17.2 Å².